The van der Waals surface area contributed by atoms with Gasteiger partial charge in [-0.25, -0.2) is 0 Å². The first-order valence-electron chi connectivity index (χ1n) is 33.6. The van der Waals surface area contributed by atoms with Crippen LogP contribution in [0.4, 0.5) is 0 Å². The van der Waals surface area contributed by atoms with E-state index in [1.165, 1.54) is 176 Å². The van der Waals surface area contributed by atoms with Crippen molar-refractivity contribution in [1.82, 2.24) is 13.7 Å². The average Bonchev–Trinajstić information content (AvgIpc) is 1.66. The van der Waals surface area contributed by atoms with Gasteiger partial charge in [-0.1, -0.05) is 240 Å². The summed E-state index contributed by atoms with van der Waals surface area (Å²) in [5, 5.41) is 12.4. The number of hydrogen-bond acceptors (Lipinski definition) is 0. The van der Waals surface area contributed by atoms with Crippen LogP contribution in [0.1, 0.15) is 55.9 Å². The summed E-state index contributed by atoms with van der Waals surface area (Å²) >= 11 is 0. The van der Waals surface area contributed by atoms with Crippen LogP contribution in [0, 0.1) is 5.92 Å². The van der Waals surface area contributed by atoms with Crippen LogP contribution >= 0.6 is 0 Å². The van der Waals surface area contributed by atoms with E-state index in [4.69, 9.17) is 0 Å². The van der Waals surface area contributed by atoms with E-state index in [1.54, 1.807) is 0 Å². The molecule has 20 rings (SSSR count). The predicted octanol–water partition coefficient (Wildman–Crippen LogP) is 24.4. The summed E-state index contributed by atoms with van der Waals surface area (Å²) in [6.07, 6.45) is 9.28. The third-order valence-corrected chi connectivity index (χ3v) is 22.3. The molecule has 3 nitrogen and oxygen atoms in total. The van der Waals surface area contributed by atoms with Crippen molar-refractivity contribution >= 4 is 87.0 Å². The molecular weight excluding hydrogens is 1150 g/mol. The highest BCUT2D eigenvalue weighted by Crippen LogP contribution is 2.55. The molecule has 3 aliphatic rings. The first kappa shape index (κ1) is 54.1. The second-order valence-electron chi connectivity index (χ2n) is 27.9. The van der Waals surface area contributed by atoms with Crippen molar-refractivity contribution in [2.45, 2.75) is 44.4 Å². The van der Waals surface area contributed by atoms with Gasteiger partial charge in [-0.05, 0) is 208 Å². The fraction of sp³-hybridized carbons (Fsp3) is 0.0870. The Hall–Kier alpha value is -11.5. The fourth-order valence-electron chi connectivity index (χ4n) is 17.8. The van der Waals surface area contributed by atoms with Crippen LogP contribution in [0.5, 0.6) is 0 Å². The number of aromatic nitrogens is 3. The minimum atomic E-state index is -0.105. The highest BCUT2D eigenvalue weighted by atomic mass is 15.0. The molecule has 3 aromatic heterocycles. The molecule has 0 N–H and O–H groups in total. The second-order valence-corrected chi connectivity index (χ2v) is 27.9. The van der Waals surface area contributed by atoms with Gasteiger partial charge in [0.25, 0.3) is 0 Å². The van der Waals surface area contributed by atoms with Crippen LogP contribution in [0.2, 0.25) is 0 Å². The van der Waals surface area contributed by atoms with Gasteiger partial charge in [0.1, 0.15) is 0 Å². The molecule has 0 saturated heterocycles. The van der Waals surface area contributed by atoms with Crippen LogP contribution in [0.15, 0.2) is 309 Å². The highest BCUT2D eigenvalue weighted by Gasteiger charge is 2.45. The van der Waals surface area contributed by atoms with Crippen molar-refractivity contribution in [2.24, 2.45) is 5.92 Å². The molecule has 2 atom stereocenters. The Morgan fingerprint density at radius 3 is 1.18 bits per heavy atom. The van der Waals surface area contributed by atoms with E-state index < -0.39 is 0 Å². The monoisotopic (exact) mass is 1210 g/mol. The molecule has 14 aromatic carbocycles. The maximum Gasteiger partial charge on any atom is 0.0541 e. The largest absolute Gasteiger partial charge is 0.309 e. The predicted molar refractivity (Wildman–Crippen MR) is 401 cm³/mol. The SMILES string of the molecule is CC1(C)c2ccccc2-c2ccc(-n3c4ccccc4c4cc(-c5ccc6c(c5)c5cc(-c7ccc8c(c7)c7ccccc7n8-c7ccc8c(c7)C(C)(C)C7C=CC=CC87)ccc5n6-c5ccc(-c6c7ccccc7c(-c7ccccc7)c7ccccc67)cc5)ccc43)cc21. The molecule has 448 valence electrons. The van der Waals surface area contributed by atoms with Crippen LogP contribution in [-0.4, -0.2) is 13.7 Å². The fourth-order valence-corrected chi connectivity index (χ4v) is 17.8. The lowest BCUT2D eigenvalue weighted by molar-refractivity contribution is 0.394. The molecule has 17 aromatic rings. The lowest BCUT2D eigenvalue weighted by Gasteiger charge is -2.29. The van der Waals surface area contributed by atoms with Crippen molar-refractivity contribution in [3.05, 3.63) is 332 Å². The van der Waals surface area contributed by atoms with Crippen LogP contribution < -0.4 is 0 Å². The van der Waals surface area contributed by atoms with Gasteiger partial charge < -0.3 is 13.7 Å². The lowest BCUT2D eigenvalue weighted by Crippen LogP contribution is -2.24. The normalized spacial score (nSPS) is 15.9. The van der Waals surface area contributed by atoms with Crippen LogP contribution in [-0.2, 0) is 10.8 Å². The standard InChI is InChI=1S/C92H65N3/c1-91(2)79-30-16-12-22-65(79)67-44-42-63(54-81(67)91)94-83-32-18-14-24-69(83)75-50-58(36-46-85(75)94)60-38-48-87-77(52-60)78-53-61(59-37-47-86-76(51-59)70-25-15-19-33-84(70)95(86)64-43-45-68-66-23-13-17-31-80(66)92(3,4)82(68)55-64)39-49-88(78)93(87)62-40-34-57(35-41-62)90-73-28-10-8-26-71(73)89(56-20-6-5-7-21-56)72-27-9-11-29-74(72)90/h5-55,65,79H,1-4H3. The molecule has 0 aliphatic heterocycles. The Labute approximate surface area is 552 Å². The van der Waals surface area contributed by atoms with Gasteiger partial charge in [-0.15, -0.1) is 0 Å². The molecule has 3 aliphatic carbocycles. The Bertz CT molecular complexity index is 6160. The summed E-state index contributed by atoms with van der Waals surface area (Å²) < 4.78 is 7.46. The molecule has 0 spiro atoms. The molecule has 0 saturated carbocycles. The summed E-state index contributed by atoms with van der Waals surface area (Å²) in [6.45, 7) is 9.60. The Balaban J connectivity index is 0.746. The molecule has 3 heterocycles. The zero-order chi connectivity index (χ0) is 63.0. The summed E-state index contributed by atoms with van der Waals surface area (Å²) in [5.74, 6) is 0.861. The molecule has 95 heavy (non-hydrogen) atoms. The molecule has 0 bridgehead atoms. The van der Waals surface area contributed by atoms with E-state index >= 15 is 0 Å². The second kappa shape index (κ2) is 20.0. The van der Waals surface area contributed by atoms with Crippen LogP contribution in [0.25, 0.3) is 160 Å². The lowest BCUT2D eigenvalue weighted by atomic mass is 9.74. The quantitative estimate of drug-likeness (QED) is 0.141. The number of nitrogens with zero attached hydrogens (tertiary/aromatic N) is 3. The molecule has 0 amide bonds. The number of benzene rings is 14. The van der Waals surface area contributed by atoms with E-state index in [9.17, 15) is 0 Å². The van der Waals surface area contributed by atoms with Crippen molar-refractivity contribution in [3.8, 4) is 72.7 Å². The van der Waals surface area contributed by atoms with E-state index in [0.717, 1.165) is 5.69 Å². The maximum atomic E-state index is 2.49. The zero-order valence-corrected chi connectivity index (χ0v) is 53.4. The van der Waals surface area contributed by atoms with Crippen LogP contribution in [0.3, 0.4) is 0 Å². The summed E-state index contributed by atoms with van der Waals surface area (Å²) in [6, 6.07) is 108. The first-order chi connectivity index (χ1) is 46.6. The smallest absolute Gasteiger partial charge is 0.0541 e. The van der Waals surface area contributed by atoms with Crippen molar-refractivity contribution in [3.63, 3.8) is 0 Å². The molecule has 3 heteroatoms. The van der Waals surface area contributed by atoms with E-state index in [-0.39, 0.29) is 10.8 Å². The van der Waals surface area contributed by atoms with Gasteiger partial charge in [0.15, 0.2) is 0 Å². The van der Waals surface area contributed by atoms with Gasteiger partial charge in [-0.2, -0.15) is 0 Å². The molecular formula is C92H65N3. The number of allylic oxidation sites excluding steroid dienone is 4. The van der Waals surface area contributed by atoms with E-state index in [2.05, 4.69) is 351 Å². The van der Waals surface area contributed by atoms with E-state index in [1.807, 2.05) is 0 Å². The third-order valence-electron chi connectivity index (χ3n) is 22.3. The first-order valence-corrected chi connectivity index (χ1v) is 33.6. The van der Waals surface area contributed by atoms with Gasteiger partial charge in [0, 0.05) is 60.7 Å². The maximum absolute atomic E-state index is 2.49. The number of fused-ring (bicyclic) bond motifs is 17. The van der Waals surface area contributed by atoms with Crippen molar-refractivity contribution in [1.29, 1.82) is 0 Å². The Morgan fingerprint density at radius 1 is 0.263 bits per heavy atom. The Kier molecular flexibility index (Phi) is 11.4. The Morgan fingerprint density at radius 2 is 0.642 bits per heavy atom. The molecule has 0 fully saturated rings. The van der Waals surface area contributed by atoms with Gasteiger partial charge in [0.05, 0.1) is 33.1 Å². The number of rotatable bonds is 7. The van der Waals surface area contributed by atoms with Gasteiger partial charge in [-0.3, -0.25) is 0 Å². The highest BCUT2D eigenvalue weighted by molar-refractivity contribution is 6.22. The summed E-state index contributed by atoms with van der Waals surface area (Å²) in [4.78, 5) is 0. The summed E-state index contributed by atoms with van der Waals surface area (Å²) in [5.41, 5.74) is 28.6. The van der Waals surface area contributed by atoms with E-state index in [0.29, 0.717) is 11.8 Å². The van der Waals surface area contributed by atoms with Crippen molar-refractivity contribution < 1.29 is 0 Å². The third kappa shape index (κ3) is 7.75. The zero-order valence-electron chi connectivity index (χ0n) is 53.4. The molecule has 0 radical (unpaired) electrons. The summed E-state index contributed by atoms with van der Waals surface area (Å²) in [7, 11) is 0. The minimum Gasteiger partial charge on any atom is -0.309 e. The average molecular weight is 1210 g/mol. The number of hydrogen-bond donors (Lipinski definition) is 0. The number of para-hydroxylation sites is 2. The van der Waals surface area contributed by atoms with Gasteiger partial charge >= 0.3 is 0 Å². The van der Waals surface area contributed by atoms with Crippen molar-refractivity contribution in [2.75, 3.05) is 0 Å². The molecule has 2 unspecified atom stereocenters. The van der Waals surface area contributed by atoms with Gasteiger partial charge in [0.2, 0.25) is 0 Å². The minimum absolute atomic E-state index is 0.0146. The topological polar surface area (TPSA) is 14.8 Å².